The van der Waals surface area contributed by atoms with Crippen LogP contribution in [0.25, 0.3) is 0 Å². The molecule has 0 aliphatic heterocycles. The predicted octanol–water partition coefficient (Wildman–Crippen LogP) is 2.70. The van der Waals surface area contributed by atoms with Gasteiger partial charge in [-0.05, 0) is 38.0 Å². The third-order valence-electron chi connectivity index (χ3n) is 2.23. The molecule has 82 valence electrons. The Labute approximate surface area is 90.5 Å². The molecule has 0 aliphatic rings. The first kappa shape index (κ1) is 11.6. The predicted molar refractivity (Wildman–Crippen MR) is 60.8 cm³/mol. The summed E-state index contributed by atoms with van der Waals surface area (Å²) in [4.78, 5) is 0. The lowest BCUT2D eigenvalue weighted by Crippen LogP contribution is -2.14. The Kier molecular flexibility index (Phi) is 4.16. The summed E-state index contributed by atoms with van der Waals surface area (Å²) in [6, 6.07) is 5.89. The molecule has 0 heterocycles. The molecule has 15 heavy (non-hydrogen) atoms. The zero-order valence-electron chi connectivity index (χ0n) is 9.46. The Balaban J connectivity index is 2.58. The van der Waals surface area contributed by atoms with Crippen molar-refractivity contribution in [1.82, 2.24) is 0 Å². The molecule has 0 radical (unpaired) electrons. The highest BCUT2D eigenvalue weighted by atomic mass is 16.5. The van der Waals surface area contributed by atoms with Crippen LogP contribution in [-0.4, -0.2) is 19.1 Å². The van der Waals surface area contributed by atoms with E-state index < -0.39 is 0 Å². The maximum absolute atomic E-state index is 7.41. The Morgan fingerprint density at radius 3 is 2.73 bits per heavy atom. The fourth-order valence-electron chi connectivity index (χ4n) is 1.24. The second kappa shape index (κ2) is 5.39. The Morgan fingerprint density at radius 1 is 1.33 bits per heavy atom. The van der Waals surface area contributed by atoms with Crippen molar-refractivity contribution < 1.29 is 9.47 Å². The van der Waals surface area contributed by atoms with Gasteiger partial charge in [0.15, 0.2) is 6.61 Å². The van der Waals surface area contributed by atoms with E-state index in [4.69, 9.17) is 14.9 Å². The van der Waals surface area contributed by atoms with E-state index in [2.05, 4.69) is 0 Å². The van der Waals surface area contributed by atoms with Crippen molar-refractivity contribution in [3.05, 3.63) is 29.3 Å². The summed E-state index contributed by atoms with van der Waals surface area (Å²) in [6.45, 7) is 6.60. The van der Waals surface area contributed by atoms with E-state index in [9.17, 15) is 0 Å². The van der Waals surface area contributed by atoms with Crippen LogP contribution >= 0.6 is 0 Å². The maximum atomic E-state index is 7.41. The van der Waals surface area contributed by atoms with Crippen molar-refractivity contribution in [3.8, 4) is 5.75 Å². The van der Waals surface area contributed by atoms with Crippen LogP contribution < -0.4 is 4.74 Å². The van der Waals surface area contributed by atoms with Gasteiger partial charge in [0.2, 0.25) is 5.90 Å². The molecule has 0 saturated carbocycles. The van der Waals surface area contributed by atoms with Gasteiger partial charge in [0.05, 0.1) is 6.61 Å². The molecule has 0 amide bonds. The van der Waals surface area contributed by atoms with Gasteiger partial charge in [-0.2, -0.15) is 0 Å². The minimum Gasteiger partial charge on any atom is -0.484 e. The van der Waals surface area contributed by atoms with Gasteiger partial charge in [0.1, 0.15) is 5.75 Å². The van der Waals surface area contributed by atoms with Gasteiger partial charge < -0.3 is 9.47 Å². The molecule has 1 aromatic rings. The van der Waals surface area contributed by atoms with Crippen molar-refractivity contribution in [3.63, 3.8) is 0 Å². The number of ether oxygens (including phenoxy) is 2. The van der Waals surface area contributed by atoms with E-state index in [0.29, 0.717) is 6.61 Å². The van der Waals surface area contributed by atoms with E-state index >= 15 is 0 Å². The van der Waals surface area contributed by atoms with Crippen LogP contribution in [0.5, 0.6) is 5.75 Å². The SMILES string of the molecule is CCOC(=N)COc1cccc(C)c1C. The summed E-state index contributed by atoms with van der Waals surface area (Å²) >= 11 is 0. The summed E-state index contributed by atoms with van der Waals surface area (Å²) < 4.78 is 10.5. The molecule has 1 N–H and O–H groups in total. The van der Waals surface area contributed by atoms with E-state index in [-0.39, 0.29) is 12.5 Å². The maximum Gasteiger partial charge on any atom is 0.219 e. The number of rotatable bonds is 4. The summed E-state index contributed by atoms with van der Waals surface area (Å²) in [5, 5.41) is 7.41. The first-order chi connectivity index (χ1) is 7.15. The summed E-state index contributed by atoms with van der Waals surface area (Å²) in [5.74, 6) is 0.984. The quantitative estimate of drug-likeness (QED) is 0.609. The van der Waals surface area contributed by atoms with Crippen LogP contribution in [0.1, 0.15) is 18.1 Å². The number of aryl methyl sites for hydroxylation is 1. The number of benzene rings is 1. The molecule has 1 aromatic carbocycles. The van der Waals surface area contributed by atoms with E-state index in [1.807, 2.05) is 39.0 Å². The van der Waals surface area contributed by atoms with Gasteiger partial charge in [-0.15, -0.1) is 0 Å². The van der Waals surface area contributed by atoms with Crippen molar-refractivity contribution in [2.75, 3.05) is 13.2 Å². The van der Waals surface area contributed by atoms with Crippen molar-refractivity contribution in [2.45, 2.75) is 20.8 Å². The lowest BCUT2D eigenvalue weighted by atomic mass is 10.1. The van der Waals surface area contributed by atoms with Crippen LogP contribution in [0.2, 0.25) is 0 Å². The third-order valence-corrected chi connectivity index (χ3v) is 2.23. The largest absolute Gasteiger partial charge is 0.484 e. The van der Waals surface area contributed by atoms with Gasteiger partial charge in [0.25, 0.3) is 0 Å². The monoisotopic (exact) mass is 207 g/mol. The zero-order chi connectivity index (χ0) is 11.3. The summed E-state index contributed by atoms with van der Waals surface area (Å²) in [7, 11) is 0. The molecule has 0 spiro atoms. The smallest absolute Gasteiger partial charge is 0.219 e. The molecule has 0 fully saturated rings. The van der Waals surface area contributed by atoms with Gasteiger partial charge in [0, 0.05) is 0 Å². The Bertz CT molecular complexity index is 347. The number of nitrogens with one attached hydrogen (secondary N) is 1. The molecule has 0 bridgehead atoms. The van der Waals surface area contributed by atoms with Gasteiger partial charge in [-0.25, -0.2) is 0 Å². The van der Waals surface area contributed by atoms with E-state index in [0.717, 1.165) is 11.3 Å². The van der Waals surface area contributed by atoms with Gasteiger partial charge >= 0.3 is 0 Å². The highest BCUT2D eigenvalue weighted by Crippen LogP contribution is 2.20. The molecule has 0 atom stereocenters. The first-order valence-electron chi connectivity index (χ1n) is 5.04. The molecule has 3 nitrogen and oxygen atoms in total. The highest BCUT2D eigenvalue weighted by molar-refractivity contribution is 5.74. The van der Waals surface area contributed by atoms with Gasteiger partial charge in [-0.1, -0.05) is 12.1 Å². The number of hydrogen-bond donors (Lipinski definition) is 1. The average molecular weight is 207 g/mol. The topological polar surface area (TPSA) is 42.3 Å². The summed E-state index contributed by atoms with van der Waals surface area (Å²) in [6.07, 6.45) is 0. The molecule has 3 heteroatoms. The first-order valence-corrected chi connectivity index (χ1v) is 5.04. The Morgan fingerprint density at radius 2 is 2.07 bits per heavy atom. The average Bonchev–Trinajstić information content (AvgIpc) is 2.21. The lowest BCUT2D eigenvalue weighted by Gasteiger charge is -2.11. The van der Waals surface area contributed by atoms with Crippen molar-refractivity contribution in [2.24, 2.45) is 0 Å². The minimum absolute atomic E-state index is 0.165. The van der Waals surface area contributed by atoms with Crippen molar-refractivity contribution in [1.29, 1.82) is 5.41 Å². The second-order valence-corrected chi connectivity index (χ2v) is 3.34. The zero-order valence-corrected chi connectivity index (χ0v) is 9.46. The lowest BCUT2D eigenvalue weighted by molar-refractivity contribution is 0.272. The third kappa shape index (κ3) is 3.27. The molecule has 0 aliphatic carbocycles. The normalized spacial score (nSPS) is 9.80. The molecule has 1 rings (SSSR count). The van der Waals surface area contributed by atoms with Crippen LogP contribution in [0.4, 0.5) is 0 Å². The van der Waals surface area contributed by atoms with E-state index in [1.54, 1.807) is 0 Å². The fourth-order valence-corrected chi connectivity index (χ4v) is 1.24. The molecular weight excluding hydrogens is 190 g/mol. The second-order valence-electron chi connectivity index (χ2n) is 3.34. The highest BCUT2D eigenvalue weighted by Gasteiger charge is 2.03. The van der Waals surface area contributed by atoms with Gasteiger partial charge in [-0.3, -0.25) is 5.41 Å². The Hall–Kier alpha value is -1.51. The molecular formula is C12H17NO2. The van der Waals surface area contributed by atoms with E-state index in [1.165, 1.54) is 5.56 Å². The fraction of sp³-hybridized carbons (Fsp3) is 0.417. The van der Waals surface area contributed by atoms with Crippen molar-refractivity contribution >= 4 is 5.90 Å². The molecule has 0 aromatic heterocycles. The number of hydrogen-bond acceptors (Lipinski definition) is 3. The van der Waals surface area contributed by atoms with Crippen LogP contribution in [0, 0.1) is 19.3 Å². The van der Waals surface area contributed by atoms with Crippen LogP contribution in [0.15, 0.2) is 18.2 Å². The minimum atomic E-state index is 0.165. The molecule has 0 saturated heterocycles. The molecule has 0 unspecified atom stereocenters. The van der Waals surface area contributed by atoms with Crippen LogP contribution in [-0.2, 0) is 4.74 Å². The van der Waals surface area contributed by atoms with Crippen LogP contribution in [0.3, 0.4) is 0 Å². The summed E-state index contributed by atoms with van der Waals surface area (Å²) in [5.41, 5.74) is 2.30. The standard InChI is InChI=1S/C12H17NO2/c1-4-14-12(13)8-15-11-7-5-6-9(2)10(11)3/h5-7,13H,4,8H2,1-3H3.